The number of aromatic amines is 1. The molecule has 0 unspecified atom stereocenters. The van der Waals surface area contributed by atoms with Crippen molar-refractivity contribution in [1.82, 2.24) is 9.97 Å². The monoisotopic (exact) mass is 182 g/mol. The lowest BCUT2D eigenvalue weighted by Crippen LogP contribution is -2.31. The van der Waals surface area contributed by atoms with Crippen LogP contribution in [0.1, 0.15) is 0 Å². The minimum atomic E-state index is -0.468. The number of primary amides is 1. The van der Waals surface area contributed by atoms with E-state index in [0.29, 0.717) is 5.82 Å². The van der Waals surface area contributed by atoms with E-state index in [-0.39, 0.29) is 12.1 Å². The first-order valence-corrected chi connectivity index (χ1v) is 3.64. The average Bonchev–Trinajstić information content (AvgIpc) is 2.03. The van der Waals surface area contributed by atoms with E-state index in [0.717, 1.165) is 0 Å². The fourth-order valence-corrected chi connectivity index (χ4v) is 0.882. The third kappa shape index (κ3) is 2.58. The summed E-state index contributed by atoms with van der Waals surface area (Å²) < 4.78 is 0. The van der Waals surface area contributed by atoms with Crippen LogP contribution in [0.15, 0.2) is 17.2 Å². The van der Waals surface area contributed by atoms with Gasteiger partial charge < -0.3 is 15.6 Å². The lowest BCUT2D eigenvalue weighted by molar-refractivity contribution is -0.116. The van der Waals surface area contributed by atoms with Crippen LogP contribution in [0.4, 0.5) is 5.82 Å². The van der Waals surface area contributed by atoms with Gasteiger partial charge in [-0.25, -0.2) is 4.98 Å². The van der Waals surface area contributed by atoms with Crippen molar-refractivity contribution in [1.29, 1.82) is 0 Å². The number of rotatable bonds is 3. The molecule has 1 aromatic heterocycles. The van der Waals surface area contributed by atoms with Crippen molar-refractivity contribution < 1.29 is 4.79 Å². The molecule has 70 valence electrons. The number of nitrogens with one attached hydrogen (secondary N) is 1. The first-order chi connectivity index (χ1) is 6.09. The van der Waals surface area contributed by atoms with E-state index in [1.54, 1.807) is 7.05 Å². The zero-order valence-electron chi connectivity index (χ0n) is 7.15. The molecule has 1 aromatic rings. The smallest absolute Gasteiger partial charge is 0.252 e. The van der Waals surface area contributed by atoms with Crippen LogP contribution >= 0.6 is 0 Å². The van der Waals surface area contributed by atoms with Crippen molar-refractivity contribution in [2.24, 2.45) is 5.73 Å². The highest BCUT2D eigenvalue weighted by atomic mass is 16.1. The Morgan fingerprint density at radius 3 is 3.00 bits per heavy atom. The maximum Gasteiger partial charge on any atom is 0.252 e. The van der Waals surface area contributed by atoms with Gasteiger partial charge in [-0.3, -0.25) is 9.59 Å². The molecule has 0 spiro atoms. The SMILES string of the molecule is CN(CC(N)=O)c1cc(=O)[nH]cn1. The molecule has 0 bridgehead atoms. The first kappa shape index (κ1) is 9.24. The molecule has 0 atom stereocenters. The Morgan fingerprint density at radius 1 is 1.77 bits per heavy atom. The van der Waals surface area contributed by atoms with Crippen molar-refractivity contribution in [3.63, 3.8) is 0 Å². The van der Waals surface area contributed by atoms with Crippen LogP contribution in [-0.2, 0) is 4.79 Å². The molecule has 13 heavy (non-hydrogen) atoms. The maximum absolute atomic E-state index is 10.8. The van der Waals surface area contributed by atoms with Crippen molar-refractivity contribution in [2.45, 2.75) is 0 Å². The summed E-state index contributed by atoms with van der Waals surface area (Å²) in [4.78, 5) is 29.1. The van der Waals surface area contributed by atoms with Crippen molar-refractivity contribution in [3.05, 3.63) is 22.7 Å². The van der Waals surface area contributed by atoms with Gasteiger partial charge in [-0.1, -0.05) is 0 Å². The predicted molar refractivity (Wildman–Crippen MR) is 47.3 cm³/mol. The highest BCUT2D eigenvalue weighted by molar-refractivity contribution is 5.78. The number of nitrogens with zero attached hydrogens (tertiary/aromatic N) is 2. The molecule has 6 nitrogen and oxygen atoms in total. The third-order valence-corrected chi connectivity index (χ3v) is 1.45. The van der Waals surface area contributed by atoms with Crippen LogP contribution in [0.2, 0.25) is 0 Å². The molecule has 1 amide bonds. The molecule has 3 N–H and O–H groups in total. The van der Waals surface area contributed by atoms with Gasteiger partial charge in [-0.15, -0.1) is 0 Å². The second kappa shape index (κ2) is 3.70. The summed E-state index contributed by atoms with van der Waals surface area (Å²) in [5.41, 5.74) is 4.71. The molecule has 0 radical (unpaired) electrons. The quantitative estimate of drug-likeness (QED) is 0.607. The Bertz CT molecular complexity index is 360. The second-order valence-corrected chi connectivity index (χ2v) is 2.59. The number of anilines is 1. The topological polar surface area (TPSA) is 92.1 Å². The number of carbonyl (C=O) groups excluding carboxylic acids is 1. The van der Waals surface area contributed by atoms with E-state index < -0.39 is 5.91 Å². The molecule has 0 aromatic carbocycles. The van der Waals surface area contributed by atoms with Crippen molar-refractivity contribution in [2.75, 3.05) is 18.5 Å². The van der Waals surface area contributed by atoms with Gasteiger partial charge in [-0.2, -0.15) is 0 Å². The standard InChI is InChI=1S/C7H10N4O2/c1-11(3-5(8)12)6-2-7(13)10-4-9-6/h2,4H,3H2,1H3,(H2,8,12)(H,9,10,13). The first-order valence-electron chi connectivity index (χ1n) is 3.64. The normalized spacial score (nSPS) is 9.62. The van der Waals surface area contributed by atoms with E-state index >= 15 is 0 Å². The molecular weight excluding hydrogens is 172 g/mol. The largest absolute Gasteiger partial charge is 0.368 e. The molecule has 0 aliphatic rings. The summed E-state index contributed by atoms with van der Waals surface area (Å²) in [6.45, 7) is 0.0381. The van der Waals surface area contributed by atoms with Crippen LogP contribution in [-0.4, -0.2) is 29.5 Å². The Kier molecular flexibility index (Phi) is 2.63. The van der Waals surface area contributed by atoms with Crippen LogP contribution in [0, 0.1) is 0 Å². The molecule has 0 aliphatic carbocycles. The Labute approximate surface area is 74.4 Å². The van der Waals surface area contributed by atoms with Gasteiger partial charge in [0.25, 0.3) is 5.56 Å². The Balaban J connectivity index is 2.82. The van der Waals surface area contributed by atoms with Gasteiger partial charge in [-0.05, 0) is 0 Å². The van der Waals surface area contributed by atoms with E-state index in [9.17, 15) is 9.59 Å². The van der Waals surface area contributed by atoms with E-state index in [2.05, 4.69) is 9.97 Å². The molecule has 0 saturated carbocycles. The lowest BCUT2D eigenvalue weighted by Gasteiger charge is -2.14. The van der Waals surface area contributed by atoms with Crippen LogP contribution in [0.5, 0.6) is 0 Å². The summed E-state index contributed by atoms with van der Waals surface area (Å²) in [5, 5.41) is 0. The van der Waals surface area contributed by atoms with E-state index in [4.69, 9.17) is 5.73 Å². The number of amides is 1. The van der Waals surface area contributed by atoms with E-state index in [1.165, 1.54) is 17.3 Å². The summed E-state index contributed by atoms with van der Waals surface area (Å²) in [6.07, 6.45) is 1.27. The zero-order valence-corrected chi connectivity index (χ0v) is 7.15. The molecular formula is C7H10N4O2. The van der Waals surface area contributed by atoms with Gasteiger partial charge in [0.1, 0.15) is 5.82 Å². The Morgan fingerprint density at radius 2 is 2.46 bits per heavy atom. The summed E-state index contributed by atoms with van der Waals surface area (Å²) in [5.74, 6) is -0.0490. The van der Waals surface area contributed by atoms with Crippen LogP contribution in [0.3, 0.4) is 0 Å². The number of nitrogens with two attached hydrogens (primary N) is 1. The lowest BCUT2D eigenvalue weighted by atomic mass is 10.5. The van der Waals surface area contributed by atoms with Gasteiger partial charge >= 0.3 is 0 Å². The summed E-state index contributed by atoms with van der Waals surface area (Å²) in [7, 11) is 1.63. The molecule has 1 heterocycles. The number of aromatic nitrogens is 2. The molecule has 0 fully saturated rings. The second-order valence-electron chi connectivity index (χ2n) is 2.59. The molecule has 1 rings (SSSR count). The predicted octanol–water partition coefficient (Wildman–Crippen LogP) is -1.31. The fraction of sp³-hybridized carbons (Fsp3) is 0.286. The van der Waals surface area contributed by atoms with Gasteiger partial charge in [0.15, 0.2) is 0 Å². The van der Waals surface area contributed by atoms with Gasteiger partial charge in [0.2, 0.25) is 5.91 Å². The summed E-state index contributed by atoms with van der Waals surface area (Å²) >= 11 is 0. The highest BCUT2D eigenvalue weighted by Crippen LogP contribution is 2.01. The van der Waals surface area contributed by atoms with Crippen molar-refractivity contribution in [3.8, 4) is 0 Å². The number of carbonyl (C=O) groups is 1. The Hall–Kier alpha value is -1.85. The molecule has 0 saturated heterocycles. The molecule has 0 aliphatic heterocycles. The maximum atomic E-state index is 10.8. The summed E-state index contributed by atoms with van der Waals surface area (Å²) in [6, 6.07) is 1.29. The molecule has 6 heteroatoms. The van der Waals surface area contributed by atoms with Crippen LogP contribution < -0.4 is 16.2 Å². The third-order valence-electron chi connectivity index (χ3n) is 1.45. The zero-order chi connectivity index (χ0) is 9.84. The van der Waals surface area contributed by atoms with Crippen LogP contribution in [0.25, 0.3) is 0 Å². The number of likely N-dealkylation sites (N-methyl/N-ethyl adjacent to an activating group) is 1. The fourth-order valence-electron chi connectivity index (χ4n) is 0.882. The van der Waals surface area contributed by atoms with Gasteiger partial charge in [0, 0.05) is 13.1 Å². The minimum Gasteiger partial charge on any atom is -0.368 e. The number of H-pyrrole nitrogens is 1. The van der Waals surface area contributed by atoms with E-state index in [1.807, 2.05) is 0 Å². The number of hydrogen-bond donors (Lipinski definition) is 2. The highest BCUT2D eigenvalue weighted by Gasteiger charge is 2.04. The van der Waals surface area contributed by atoms with Crippen molar-refractivity contribution >= 4 is 11.7 Å². The minimum absolute atomic E-state index is 0.0381. The van der Waals surface area contributed by atoms with Gasteiger partial charge in [0.05, 0.1) is 12.9 Å². The number of hydrogen-bond acceptors (Lipinski definition) is 4. The average molecular weight is 182 g/mol.